The van der Waals surface area contributed by atoms with E-state index in [1.807, 2.05) is 13.8 Å². The third-order valence-electron chi connectivity index (χ3n) is 3.77. The van der Waals surface area contributed by atoms with Crippen LogP contribution >= 0.6 is 0 Å². The molecule has 5 heteroatoms. The number of fused-ring (bicyclic) bond motifs is 1. The van der Waals surface area contributed by atoms with E-state index >= 15 is 0 Å². The van der Waals surface area contributed by atoms with Crippen molar-refractivity contribution in [3.8, 4) is 0 Å². The van der Waals surface area contributed by atoms with E-state index in [2.05, 4.69) is 0 Å². The van der Waals surface area contributed by atoms with Crippen LogP contribution in [0.15, 0.2) is 0 Å². The topological polar surface area (TPSA) is 54.0 Å². The van der Waals surface area contributed by atoms with Gasteiger partial charge in [-0.2, -0.15) is 0 Å². The summed E-state index contributed by atoms with van der Waals surface area (Å²) in [6, 6.07) is 0. The summed E-state index contributed by atoms with van der Waals surface area (Å²) in [5.41, 5.74) is -0.174. The lowest BCUT2D eigenvalue weighted by Crippen LogP contribution is -2.35. The van der Waals surface area contributed by atoms with E-state index in [1.54, 1.807) is 13.8 Å². The van der Waals surface area contributed by atoms with Crippen molar-refractivity contribution < 1.29 is 23.7 Å². The van der Waals surface area contributed by atoms with Gasteiger partial charge >= 0.3 is 0 Å². The highest BCUT2D eigenvalue weighted by Gasteiger charge is 2.57. The third-order valence-corrected chi connectivity index (χ3v) is 3.77. The van der Waals surface area contributed by atoms with E-state index in [4.69, 9.17) is 18.9 Å². The number of rotatable bonds is 1. The van der Waals surface area contributed by atoms with Gasteiger partial charge in [-0.15, -0.1) is 0 Å². The Labute approximate surface area is 107 Å². The average Bonchev–Trinajstić information content (AvgIpc) is 2.81. The van der Waals surface area contributed by atoms with Crippen molar-refractivity contribution in [2.24, 2.45) is 5.92 Å². The van der Waals surface area contributed by atoms with Crippen molar-refractivity contribution in [1.82, 2.24) is 0 Å². The van der Waals surface area contributed by atoms with Crippen LogP contribution in [-0.2, 0) is 23.7 Å². The van der Waals surface area contributed by atoms with Gasteiger partial charge in [0.05, 0.1) is 12.2 Å². The lowest BCUT2D eigenvalue weighted by atomic mass is 9.91. The van der Waals surface area contributed by atoms with Gasteiger partial charge in [0.15, 0.2) is 24.0 Å². The van der Waals surface area contributed by atoms with Gasteiger partial charge in [-0.1, -0.05) is 0 Å². The maximum atomic E-state index is 12.3. The van der Waals surface area contributed by atoms with Gasteiger partial charge in [0.25, 0.3) is 0 Å². The summed E-state index contributed by atoms with van der Waals surface area (Å²) < 4.78 is 22.6. The van der Waals surface area contributed by atoms with Gasteiger partial charge in [0.1, 0.15) is 6.10 Å². The Balaban J connectivity index is 1.70. The van der Waals surface area contributed by atoms with Crippen molar-refractivity contribution in [2.75, 3.05) is 6.61 Å². The Bertz CT molecular complexity index is 376. The van der Waals surface area contributed by atoms with Crippen LogP contribution in [0.1, 0.15) is 34.1 Å². The maximum Gasteiger partial charge on any atom is 0.196 e. The molecule has 3 saturated heterocycles. The lowest BCUT2D eigenvalue weighted by molar-refractivity contribution is -0.209. The molecule has 3 heterocycles. The average molecular weight is 256 g/mol. The number of ether oxygens (including phenoxy) is 4. The lowest BCUT2D eigenvalue weighted by Gasteiger charge is -2.22. The van der Waals surface area contributed by atoms with E-state index in [1.165, 1.54) is 0 Å². The third kappa shape index (κ3) is 1.99. The molecule has 0 bridgehead atoms. The molecule has 3 aliphatic heterocycles. The molecule has 3 aliphatic rings. The van der Waals surface area contributed by atoms with E-state index in [-0.39, 0.29) is 17.3 Å². The Morgan fingerprint density at radius 1 is 1.11 bits per heavy atom. The smallest absolute Gasteiger partial charge is 0.196 e. The largest absolute Gasteiger partial charge is 0.375 e. The van der Waals surface area contributed by atoms with Gasteiger partial charge in [-0.3, -0.25) is 4.79 Å². The molecule has 0 aliphatic carbocycles. The first-order valence-electron chi connectivity index (χ1n) is 6.46. The number of ketones is 1. The second kappa shape index (κ2) is 3.76. The van der Waals surface area contributed by atoms with Gasteiger partial charge in [0, 0.05) is 5.92 Å². The molecule has 4 unspecified atom stereocenters. The number of carbonyl (C=O) groups is 1. The summed E-state index contributed by atoms with van der Waals surface area (Å²) in [5.74, 6) is -0.633. The minimum atomic E-state index is -0.735. The summed E-state index contributed by atoms with van der Waals surface area (Å²) in [6.45, 7) is 8.20. The van der Waals surface area contributed by atoms with Crippen LogP contribution in [0.3, 0.4) is 0 Å². The molecule has 0 amide bonds. The van der Waals surface area contributed by atoms with Gasteiger partial charge in [-0.25, -0.2) is 0 Å². The fourth-order valence-corrected chi connectivity index (χ4v) is 3.02. The zero-order valence-electron chi connectivity index (χ0n) is 11.3. The summed E-state index contributed by atoms with van der Waals surface area (Å²) in [7, 11) is 0. The fourth-order valence-electron chi connectivity index (χ4n) is 3.02. The standard InChI is InChI=1S/C13H20O5/c1-12(2)5-7(6-15-12)9-8(14)10-11(16-9)18-13(3,4)17-10/h7,9-11H,5-6H2,1-4H3. The molecular weight excluding hydrogens is 236 g/mol. The molecule has 0 N–H and O–H groups in total. The Kier molecular flexibility index (Phi) is 2.62. The number of Topliss-reactive ketones (excluding diaryl/α,β-unsaturated/α-hetero) is 1. The van der Waals surface area contributed by atoms with Crippen LogP contribution in [0.2, 0.25) is 0 Å². The highest BCUT2D eigenvalue weighted by atomic mass is 16.8. The molecule has 18 heavy (non-hydrogen) atoms. The first-order chi connectivity index (χ1) is 8.27. The first-order valence-corrected chi connectivity index (χ1v) is 6.46. The molecule has 0 aromatic rings. The van der Waals surface area contributed by atoms with Crippen LogP contribution < -0.4 is 0 Å². The normalized spacial score (nSPS) is 45.4. The summed E-state index contributed by atoms with van der Waals surface area (Å²) in [6.07, 6.45) is -0.750. The van der Waals surface area contributed by atoms with Crippen molar-refractivity contribution in [3.05, 3.63) is 0 Å². The van der Waals surface area contributed by atoms with Crippen molar-refractivity contribution in [2.45, 2.75) is 64.0 Å². The number of carbonyl (C=O) groups excluding carboxylic acids is 1. The Morgan fingerprint density at radius 2 is 1.83 bits per heavy atom. The van der Waals surface area contributed by atoms with Crippen molar-refractivity contribution >= 4 is 5.78 Å². The molecule has 5 nitrogen and oxygen atoms in total. The summed E-state index contributed by atoms with van der Waals surface area (Å²) >= 11 is 0. The van der Waals surface area contributed by atoms with E-state index in [0.717, 1.165) is 6.42 Å². The van der Waals surface area contributed by atoms with Crippen LogP contribution in [0.5, 0.6) is 0 Å². The SMILES string of the molecule is CC1(C)CC(C2OC3OC(C)(C)OC3C2=O)CO1. The molecule has 102 valence electrons. The van der Waals surface area contributed by atoms with Gasteiger partial charge in [0.2, 0.25) is 0 Å². The van der Waals surface area contributed by atoms with Crippen molar-refractivity contribution in [1.29, 1.82) is 0 Å². The van der Waals surface area contributed by atoms with Crippen molar-refractivity contribution in [3.63, 3.8) is 0 Å². The predicted molar refractivity (Wildman–Crippen MR) is 61.8 cm³/mol. The second-order valence-corrected chi connectivity index (χ2v) is 6.42. The van der Waals surface area contributed by atoms with E-state index < -0.39 is 24.3 Å². The van der Waals surface area contributed by atoms with E-state index in [9.17, 15) is 4.79 Å². The van der Waals surface area contributed by atoms with Gasteiger partial charge in [-0.05, 0) is 34.1 Å². The maximum absolute atomic E-state index is 12.3. The molecule has 0 radical (unpaired) electrons. The number of hydrogen-bond donors (Lipinski definition) is 0. The highest BCUT2D eigenvalue weighted by molar-refractivity contribution is 5.90. The fraction of sp³-hybridized carbons (Fsp3) is 0.923. The molecule has 4 atom stereocenters. The molecule has 0 aromatic carbocycles. The minimum Gasteiger partial charge on any atom is -0.375 e. The summed E-state index contributed by atoms with van der Waals surface area (Å²) in [5, 5.41) is 0. The molecule has 0 aromatic heterocycles. The highest BCUT2D eigenvalue weighted by Crippen LogP contribution is 2.41. The first kappa shape index (κ1) is 12.5. The van der Waals surface area contributed by atoms with Crippen LogP contribution in [0.25, 0.3) is 0 Å². The minimum absolute atomic E-state index is 0.00289. The molecule has 0 saturated carbocycles. The van der Waals surface area contributed by atoms with Crippen LogP contribution in [-0.4, -0.2) is 42.3 Å². The molecule has 0 spiro atoms. The Hall–Kier alpha value is -0.490. The summed E-state index contributed by atoms with van der Waals surface area (Å²) in [4.78, 5) is 12.3. The number of hydrogen-bond acceptors (Lipinski definition) is 5. The van der Waals surface area contributed by atoms with Gasteiger partial charge < -0.3 is 18.9 Å². The zero-order chi connectivity index (χ0) is 13.1. The molecule has 3 fully saturated rings. The Morgan fingerprint density at radius 3 is 2.39 bits per heavy atom. The molecular formula is C13H20O5. The van der Waals surface area contributed by atoms with Crippen LogP contribution in [0, 0.1) is 5.92 Å². The molecule has 3 rings (SSSR count). The van der Waals surface area contributed by atoms with Crippen LogP contribution in [0.4, 0.5) is 0 Å². The predicted octanol–water partition coefficient (Wildman–Crippen LogP) is 1.25. The van der Waals surface area contributed by atoms with E-state index in [0.29, 0.717) is 6.61 Å². The monoisotopic (exact) mass is 256 g/mol. The zero-order valence-corrected chi connectivity index (χ0v) is 11.3. The second-order valence-electron chi connectivity index (χ2n) is 6.42. The quantitative estimate of drug-likeness (QED) is 0.706.